The van der Waals surface area contributed by atoms with Gasteiger partial charge in [-0.25, -0.2) is 9.59 Å². The molecule has 0 saturated heterocycles. The minimum atomic E-state index is -0.976. The first-order chi connectivity index (χ1) is 15.8. The van der Waals surface area contributed by atoms with Crippen LogP contribution in [-0.2, 0) is 19.5 Å². The van der Waals surface area contributed by atoms with Gasteiger partial charge in [0.2, 0.25) is 5.95 Å². The Morgan fingerprint density at radius 1 is 1.03 bits per heavy atom. The molecular formula is C27H33FN2O3. The Hall–Kier alpha value is -3.15. The largest absolute Gasteiger partial charge is 0.478 e. The summed E-state index contributed by atoms with van der Waals surface area (Å²) in [5.74, 6) is -0.982. The summed E-state index contributed by atoms with van der Waals surface area (Å²) in [6.07, 6.45) is 4.06. The number of carboxylic acid groups (broad SMARTS) is 1. The highest BCUT2D eigenvalue weighted by atomic mass is 19.1. The molecule has 2 aromatic carbocycles. The van der Waals surface area contributed by atoms with Crippen LogP contribution in [0.5, 0.6) is 0 Å². The number of carboxylic acids is 1. The Bertz CT molecular complexity index is 1140. The van der Waals surface area contributed by atoms with Crippen molar-refractivity contribution in [3.8, 4) is 11.1 Å². The van der Waals surface area contributed by atoms with Crippen molar-refractivity contribution in [2.45, 2.75) is 66.0 Å². The van der Waals surface area contributed by atoms with Crippen molar-refractivity contribution in [3.05, 3.63) is 81.8 Å². The Labute approximate surface area is 194 Å². The SMILES string of the molecule is CCCCCn1c(F)c(CCC(C)C)n(Cc2ccc(-c3ccccc3C(=O)O)cc2)c1=O. The second kappa shape index (κ2) is 11.1. The number of hydrogen-bond acceptors (Lipinski definition) is 2. The van der Waals surface area contributed by atoms with E-state index in [0.717, 1.165) is 36.8 Å². The van der Waals surface area contributed by atoms with Crippen LogP contribution in [0.1, 0.15) is 68.1 Å². The standard InChI is InChI=1S/C27H33FN2O3/c1-4-5-8-17-29-25(28)24(16-11-19(2)3)30(27(29)33)18-20-12-14-21(15-13-20)22-9-6-7-10-23(22)26(31)32/h6-7,9-10,12-15,19H,4-5,8,11,16-18H2,1-3H3,(H,31,32). The van der Waals surface area contributed by atoms with Crippen LogP contribution in [0.4, 0.5) is 4.39 Å². The van der Waals surface area contributed by atoms with Gasteiger partial charge in [-0.15, -0.1) is 0 Å². The van der Waals surface area contributed by atoms with Crippen LogP contribution in [0.3, 0.4) is 0 Å². The number of halogens is 1. The molecule has 33 heavy (non-hydrogen) atoms. The fourth-order valence-corrected chi connectivity index (χ4v) is 4.05. The molecule has 176 valence electrons. The molecule has 1 aromatic heterocycles. The van der Waals surface area contributed by atoms with Gasteiger partial charge in [0.1, 0.15) is 0 Å². The summed E-state index contributed by atoms with van der Waals surface area (Å²) in [5, 5.41) is 9.46. The molecule has 3 rings (SSSR count). The van der Waals surface area contributed by atoms with E-state index < -0.39 is 11.9 Å². The van der Waals surface area contributed by atoms with Gasteiger partial charge >= 0.3 is 11.7 Å². The van der Waals surface area contributed by atoms with E-state index in [1.807, 2.05) is 24.3 Å². The van der Waals surface area contributed by atoms with Gasteiger partial charge in [0, 0.05) is 6.54 Å². The summed E-state index contributed by atoms with van der Waals surface area (Å²) in [6.45, 7) is 6.94. The molecule has 0 atom stereocenters. The monoisotopic (exact) mass is 452 g/mol. The fourth-order valence-electron chi connectivity index (χ4n) is 4.05. The fraction of sp³-hybridized carbons (Fsp3) is 0.407. The first-order valence-electron chi connectivity index (χ1n) is 11.7. The molecular weight excluding hydrogens is 419 g/mol. The van der Waals surface area contributed by atoms with E-state index in [0.29, 0.717) is 30.1 Å². The number of rotatable bonds is 11. The van der Waals surface area contributed by atoms with E-state index in [4.69, 9.17) is 0 Å². The lowest BCUT2D eigenvalue weighted by Gasteiger charge is -2.10. The molecule has 0 aliphatic carbocycles. The number of hydrogen-bond donors (Lipinski definition) is 1. The number of benzene rings is 2. The summed E-state index contributed by atoms with van der Waals surface area (Å²) in [5.41, 5.74) is 2.69. The average molecular weight is 453 g/mol. The predicted octanol–water partition coefficient (Wildman–Crippen LogP) is 5.98. The quantitative estimate of drug-likeness (QED) is 0.364. The van der Waals surface area contributed by atoms with E-state index in [2.05, 4.69) is 20.8 Å². The third-order valence-corrected chi connectivity index (χ3v) is 5.97. The third kappa shape index (κ3) is 5.81. The van der Waals surface area contributed by atoms with Crippen LogP contribution in [0, 0.1) is 11.9 Å². The van der Waals surface area contributed by atoms with Crippen molar-refractivity contribution >= 4 is 5.97 Å². The van der Waals surface area contributed by atoms with Crippen molar-refractivity contribution in [3.63, 3.8) is 0 Å². The Morgan fingerprint density at radius 2 is 1.73 bits per heavy atom. The van der Waals surface area contributed by atoms with E-state index in [1.54, 1.807) is 28.8 Å². The predicted molar refractivity (Wildman–Crippen MR) is 129 cm³/mol. The summed E-state index contributed by atoms with van der Waals surface area (Å²) in [6, 6.07) is 14.3. The zero-order valence-electron chi connectivity index (χ0n) is 19.7. The number of carbonyl (C=O) groups is 1. The molecule has 0 amide bonds. The first kappa shape index (κ1) is 24.5. The maximum Gasteiger partial charge on any atom is 0.336 e. The van der Waals surface area contributed by atoms with Gasteiger partial charge in [-0.05, 0) is 47.9 Å². The van der Waals surface area contributed by atoms with E-state index in [9.17, 15) is 14.7 Å². The van der Waals surface area contributed by atoms with Crippen molar-refractivity contribution in [1.82, 2.24) is 9.13 Å². The topological polar surface area (TPSA) is 64.2 Å². The minimum absolute atomic E-state index is 0.240. The molecule has 1 heterocycles. The lowest BCUT2D eigenvalue weighted by molar-refractivity contribution is 0.0697. The van der Waals surface area contributed by atoms with Crippen molar-refractivity contribution in [1.29, 1.82) is 0 Å². The lowest BCUT2D eigenvalue weighted by atomic mass is 9.98. The normalized spacial score (nSPS) is 11.3. The van der Waals surface area contributed by atoms with Gasteiger partial charge < -0.3 is 5.11 Å². The number of unbranched alkanes of at least 4 members (excludes halogenated alkanes) is 2. The first-order valence-corrected chi connectivity index (χ1v) is 11.7. The molecule has 0 bridgehead atoms. The maximum absolute atomic E-state index is 15.2. The number of aromatic carboxylic acids is 1. The van der Waals surface area contributed by atoms with Crippen LogP contribution >= 0.6 is 0 Å². The molecule has 0 fully saturated rings. The van der Waals surface area contributed by atoms with Gasteiger partial charge in [0.25, 0.3) is 0 Å². The summed E-state index contributed by atoms with van der Waals surface area (Å²) >= 11 is 0. The minimum Gasteiger partial charge on any atom is -0.478 e. The smallest absolute Gasteiger partial charge is 0.336 e. The van der Waals surface area contributed by atoms with Gasteiger partial charge in [-0.3, -0.25) is 9.13 Å². The van der Waals surface area contributed by atoms with Gasteiger partial charge in [-0.2, -0.15) is 4.39 Å². The lowest BCUT2D eigenvalue weighted by Crippen LogP contribution is -2.26. The van der Waals surface area contributed by atoms with Crippen LogP contribution in [-0.4, -0.2) is 20.2 Å². The summed E-state index contributed by atoms with van der Waals surface area (Å²) in [4.78, 5) is 24.6. The second-order valence-corrected chi connectivity index (χ2v) is 8.95. The molecule has 6 heteroatoms. The zero-order valence-corrected chi connectivity index (χ0v) is 19.7. The highest BCUT2D eigenvalue weighted by Crippen LogP contribution is 2.24. The Balaban J connectivity index is 1.91. The average Bonchev–Trinajstić information content (AvgIpc) is 3.02. The van der Waals surface area contributed by atoms with Crippen molar-refractivity contribution < 1.29 is 14.3 Å². The summed E-state index contributed by atoms with van der Waals surface area (Å²) < 4.78 is 18.1. The molecule has 0 unspecified atom stereocenters. The molecule has 1 N–H and O–H groups in total. The molecule has 5 nitrogen and oxygen atoms in total. The van der Waals surface area contributed by atoms with E-state index >= 15 is 4.39 Å². The third-order valence-electron chi connectivity index (χ3n) is 5.97. The highest BCUT2D eigenvalue weighted by molar-refractivity contribution is 5.95. The molecule has 0 aliphatic rings. The zero-order chi connectivity index (χ0) is 24.0. The Morgan fingerprint density at radius 3 is 2.36 bits per heavy atom. The molecule has 0 saturated carbocycles. The molecule has 0 aliphatic heterocycles. The number of aromatic nitrogens is 2. The summed E-state index contributed by atoms with van der Waals surface area (Å²) in [7, 11) is 0. The molecule has 0 spiro atoms. The number of nitrogens with zero attached hydrogens (tertiary/aromatic N) is 2. The maximum atomic E-state index is 15.2. The van der Waals surface area contributed by atoms with Crippen molar-refractivity contribution in [2.75, 3.05) is 0 Å². The van der Waals surface area contributed by atoms with Crippen LogP contribution in [0.15, 0.2) is 53.3 Å². The highest BCUT2D eigenvalue weighted by Gasteiger charge is 2.20. The van der Waals surface area contributed by atoms with Crippen LogP contribution in [0.25, 0.3) is 11.1 Å². The number of imidazole rings is 1. The Kier molecular flexibility index (Phi) is 8.26. The van der Waals surface area contributed by atoms with Gasteiger partial charge in [-0.1, -0.05) is 76.1 Å². The van der Waals surface area contributed by atoms with Gasteiger partial charge in [0.15, 0.2) is 0 Å². The van der Waals surface area contributed by atoms with Gasteiger partial charge in [0.05, 0.1) is 17.8 Å². The van der Waals surface area contributed by atoms with Crippen LogP contribution < -0.4 is 5.69 Å². The second-order valence-electron chi connectivity index (χ2n) is 8.95. The van der Waals surface area contributed by atoms with E-state index in [-0.39, 0.29) is 17.8 Å². The molecule has 3 aromatic rings. The van der Waals surface area contributed by atoms with Crippen molar-refractivity contribution in [2.24, 2.45) is 5.92 Å². The van der Waals surface area contributed by atoms with E-state index in [1.165, 1.54) is 4.57 Å². The molecule has 0 radical (unpaired) electrons. The van der Waals surface area contributed by atoms with Crippen LogP contribution in [0.2, 0.25) is 0 Å².